The molecule has 1 amide bonds. The van der Waals surface area contributed by atoms with Crippen LogP contribution in [-0.2, 0) is 15.6 Å². The van der Waals surface area contributed by atoms with Crippen LogP contribution in [0.5, 0.6) is 0 Å². The Labute approximate surface area is 89.3 Å². The molecule has 15 heavy (non-hydrogen) atoms. The Bertz CT molecular complexity index is 495. The van der Waals surface area contributed by atoms with Crippen LogP contribution in [-0.4, -0.2) is 29.2 Å². The van der Waals surface area contributed by atoms with E-state index in [0.717, 1.165) is 0 Å². The number of amides is 1. The molecule has 0 bridgehead atoms. The Morgan fingerprint density at radius 2 is 1.93 bits per heavy atom. The number of carbonyl (C=O) groups is 2. The van der Waals surface area contributed by atoms with Crippen LogP contribution in [0.4, 0.5) is 5.69 Å². The summed E-state index contributed by atoms with van der Waals surface area (Å²) in [4.78, 5) is 24.7. The van der Waals surface area contributed by atoms with Crippen LogP contribution in [0.2, 0.25) is 0 Å². The van der Waals surface area contributed by atoms with Crippen LogP contribution in [0.25, 0.3) is 0 Å². The minimum atomic E-state index is -1.14. The lowest BCUT2D eigenvalue weighted by molar-refractivity contribution is -0.114. The van der Waals surface area contributed by atoms with Gasteiger partial charge in [0.25, 0.3) is 11.7 Å². The van der Waals surface area contributed by atoms with E-state index >= 15 is 0 Å². The Kier molecular flexibility index (Phi) is 2.19. The van der Waals surface area contributed by atoms with Crippen molar-refractivity contribution in [2.24, 2.45) is 0 Å². The summed E-state index contributed by atoms with van der Waals surface area (Å²) in [6.07, 6.45) is 1.53. The fourth-order valence-corrected chi connectivity index (χ4v) is 2.09. The molecule has 0 saturated heterocycles. The maximum absolute atomic E-state index is 11.5. The average molecular weight is 223 g/mol. The van der Waals surface area contributed by atoms with Gasteiger partial charge in [-0.2, -0.15) is 0 Å². The van der Waals surface area contributed by atoms with Crippen molar-refractivity contribution < 1.29 is 13.8 Å². The van der Waals surface area contributed by atoms with E-state index in [9.17, 15) is 13.8 Å². The monoisotopic (exact) mass is 223 g/mol. The first-order valence-corrected chi connectivity index (χ1v) is 5.88. The molecule has 1 aliphatic rings. The van der Waals surface area contributed by atoms with Crippen molar-refractivity contribution in [3.8, 4) is 0 Å². The second-order valence-corrected chi connectivity index (χ2v) is 4.71. The number of likely N-dealkylation sites (N-methyl/N-ethyl adjacent to an activating group) is 1. The third kappa shape index (κ3) is 1.39. The first kappa shape index (κ1) is 10.0. The van der Waals surface area contributed by atoms with E-state index in [-0.39, 0.29) is 0 Å². The molecule has 1 aromatic carbocycles. The molecule has 0 N–H and O–H groups in total. The SMILES string of the molecule is CN1C(=O)C(=O)c2cc(S(C)=O)ccc21. The number of anilines is 1. The van der Waals surface area contributed by atoms with Gasteiger partial charge in [0.1, 0.15) is 0 Å². The molecule has 0 saturated carbocycles. The van der Waals surface area contributed by atoms with Crippen LogP contribution in [0.1, 0.15) is 10.4 Å². The second-order valence-electron chi connectivity index (χ2n) is 3.33. The molecule has 1 atom stereocenters. The van der Waals surface area contributed by atoms with Gasteiger partial charge >= 0.3 is 0 Å². The number of carbonyl (C=O) groups excluding carboxylic acids is 2. The molecule has 1 heterocycles. The fourth-order valence-electron chi connectivity index (χ4n) is 1.55. The van der Waals surface area contributed by atoms with Gasteiger partial charge < -0.3 is 4.90 Å². The number of benzene rings is 1. The van der Waals surface area contributed by atoms with Crippen molar-refractivity contribution in [2.75, 3.05) is 18.2 Å². The molecule has 2 rings (SSSR count). The summed E-state index contributed by atoms with van der Waals surface area (Å²) in [6, 6.07) is 4.83. The molecule has 0 radical (unpaired) electrons. The standard InChI is InChI=1S/C10H9NO3S/c1-11-8-4-3-6(15(2)14)5-7(8)9(12)10(11)13/h3-5H,1-2H3. The zero-order valence-corrected chi connectivity index (χ0v) is 9.13. The van der Waals surface area contributed by atoms with E-state index in [1.54, 1.807) is 19.2 Å². The van der Waals surface area contributed by atoms with Crippen LogP contribution in [0.3, 0.4) is 0 Å². The lowest BCUT2D eigenvalue weighted by atomic mass is 10.1. The molecule has 78 valence electrons. The van der Waals surface area contributed by atoms with Crippen LogP contribution >= 0.6 is 0 Å². The first-order chi connectivity index (χ1) is 7.02. The number of Topliss-reactive ketones (excluding diaryl/α,β-unsaturated/α-hetero) is 1. The predicted octanol–water partition coefficient (Wildman–Crippen LogP) is 0.583. The van der Waals surface area contributed by atoms with Gasteiger partial charge in [-0.05, 0) is 18.2 Å². The minimum Gasteiger partial charge on any atom is -0.308 e. The van der Waals surface area contributed by atoms with Gasteiger partial charge in [0.05, 0.1) is 11.3 Å². The molecule has 0 aliphatic carbocycles. The van der Waals surface area contributed by atoms with Gasteiger partial charge in [0.15, 0.2) is 0 Å². The highest BCUT2D eigenvalue weighted by molar-refractivity contribution is 7.84. The molecule has 0 spiro atoms. The molecule has 1 aliphatic heterocycles. The lowest BCUT2D eigenvalue weighted by Gasteiger charge is -2.08. The van der Waals surface area contributed by atoms with Gasteiger partial charge in [-0.3, -0.25) is 13.8 Å². The molecular formula is C10H9NO3S. The molecule has 1 aromatic rings. The zero-order chi connectivity index (χ0) is 11.2. The maximum Gasteiger partial charge on any atom is 0.299 e. The number of hydrogen-bond acceptors (Lipinski definition) is 3. The lowest BCUT2D eigenvalue weighted by Crippen LogP contribution is -2.24. The highest BCUT2D eigenvalue weighted by atomic mass is 32.2. The molecule has 4 nitrogen and oxygen atoms in total. The molecule has 0 aromatic heterocycles. The van der Waals surface area contributed by atoms with Crippen LogP contribution in [0, 0.1) is 0 Å². The summed E-state index contributed by atoms with van der Waals surface area (Å²) >= 11 is 0. The molecular weight excluding hydrogens is 214 g/mol. The number of nitrogens with zero attached hydrogens (tertiary/aromatic N) is 1. The van der Waals surface area contributed by atoms with Gasteiger partial charge in [0.2, 0.25) is 0 Å². The van der Waals surface area contributed by atoms with E-state index < -0.39 is 22.5 Å². The van der Waals surface area contributed by atoms with Crippen molar-refractivity contribution in [1.82, 2.24) is 0 Å². The summed E-state index contributed by atoms with van der Waals surface area (Å²) < 4.78 is 11.2. The first-order valence-electron chi connectivity index (χ1n) is 4.32. The summed E-state index contributed by atoms with van der Waals surface area (Å²) in [7, 11) is 0.409. The number of rotatable bonds is 1. The summed E-state index contributed by atoms with van der Waals surface area (Å²) in [5.41, 5.74) is 0.925. The number of fused-ring (bicyclic) bond motifs is 1. The minimum absolute atomic E-state index is 0.343. The third-order valence-electron chi connectivity index (χ3n) is 2.40. The normalized spacial score (nSPS) is 16.8. The van der Waals surface area contributed by atoms with Gasteiger partial charge in [-0.1, -0.05) is 0 Å². The maximum atomic E-state index is 11.5. The Morgan fingerprint density at radius 1 is 1.27 bits per heavy atom. The Hall–Kier alpha value is -1.49. The zero-order valence-electron chi connectivity index (χ0n) is 8.31. The van der Waals surface area contributed by atoms with Crippen molar-refractivity contribution in [1.29, 1.82) is 0 Å². The van der Waals surface area contributed by atoms with Gasteiger partial charge in [-0.15, -0.1) is 0 Å². The van der Waals surface area contributed by atoms with Crippen molar-refractivity contribution in [3.63, 3.8) is 0 Å². The quantitative estimate of drug-likeness (QED) is 0.654. The van der Waals surface area contributed by atoms with E-state index in [1.165, 1.54) is 17.2 Å². The average Bonchev–Trinajstić information content (AvgIpc) is 2.44. The largest absolute Gasteiger partial charge is 0.308 e. The fraction of sp³-hybridized carbons (Fsp3) is 0.200. The predicted molar refractivity (Wildman–Crippen MR) is 56.5 cm³/mol. The van der Waals surface area contributed by atoms with Crippen LogP contribution in [0.15, 0.2) is 23.1 Å². The Morgan fingerprint density at radius 3 is 2.53 bits per heavy atom. The van der Waals surface area contributed by atoms with Gasteiger partial charge in [0, 0.05) is 29.0 Å². The van der Waals surface area contributed by atoms with E-state index in [4.69, 9.17) is 0 Å². The Balaban J connectivity index is 2.61. The topological polar surface area (TPSA) is 54.5 Å². The summed E-state index contributed by atoms with van der Waals surface area (Å²) in [6.45, 7) is 0. The highest BCUT2D eigenvalue weighted by Crippen LogP contribution is 2.28. The summed E-state index contributed by atoms with van der Waals surface area (Å²) in [5, 5.41) is 0. The smallest absolute Gasteiger partial charge is 0.299 e. The molecule has 0 fully saturated rings. The molecule has 1 unspecified atom stereocenters. The highest BCUT2D eigenvalue weighted by Gasteiger charge is 2.33. The van der Waals surface area contributed by atoms with Crippen LogP contribution < -0.4 is 4.90 Å². The van der Waals surface area contributed by atoms with Crippen molar-refractivity contribution in [3.05, 3.63) is 23.8 Å². The van der Waals surface area contributed by atoms with E-state index in [0.29, 0.717) is 16.1 Å². The van der Waals surface area contributed by atoms with Gasteiger partial charge in [-0.25, -0.2) is 0 Å². The summed E-state index contributed by atoms with van der Waals surface area (Å²) in [5.74, 6) is -1.07. The number of ketones is 1. The van der Waals surface area contributed by atoms with Crippen molar-refractivity contribution >= 4 is 28.2 Å². The number of hydrogen-bond donors (Lipinski definition) is 0. The molecule has 5 heteroatoms. The van der Waals surface area contributed by atoms with E-state index in [2.05, 4.69) is 0 Å². The third-order valence-corrected chi connectivity index (χ3v) is 3.32. The van der Waals surface area contributed by atoms with Crippen molar-refractivity contribution in [2.45, 2.75) is 4.90 Å². The van der Waals surface area contributed by atoms with E-state index in [1.807, 2.05) is 0 Å². The second kappa shape index (κ2) is 3.27.